The first kappa shape index (κ1) is 12.7. The lowest BCUT2D eigenvalue weighted by atomic mass is 10.2. The Hall–Kier alpha value is -2.27. The van der Waals surface area contributed by atoms with Crippen molar-refractivity contribution in [1.29, 1.82) is 0 Å². The molecule has 20 heavy (non-hydrogen) atoms. The number of aromatic hydroxyl groups is 1. The molecule has 0 saturated carbocycles. The Morgan fingerprint density at radius 2 is 1.80 bits per heavy atom. The van der Waals surface area contributed by atoms with E-state index in [1.165, 1.54) is 0 Å². The predicted octanol–water partition coefficient (Wildman–Crippen LogP) is 2.82. The van der Waals surface area contributed by atoms with Crippen LogP contribution >= 0.6 is 11.3 Å². The van der Waals surface area contributed by atoms with E-state index in [0.717, 1.165) is 32.9 Å². The molecule has 0 bridgehead atoms. The number of hydrogen-bond acceptors (Lipinski definition) is 4. The summed E-state index contributed by atoms with van der Waals surface area (Å²) in [5, 5.41) is 9.49. The number of thiazole rings is 1. The van der Waals surface area contributed by atoms with Gasteiger partial charge in [0.1, 0.15) is 5.75 Å². The summed E-state index contributed by atoms with van der Waals surface area (Å²) in [6, 6.07) is 12.8. The van der Waals surface area contributed by atoms with E-state index in [1.54, 1.807) is 22.8 Å². The number of phenolic OH excluding ortho intramolecular Hbond substituents is 1. The van der Waals surface area contributed by atoms with Crippen molar-refractivity contribution in [3.63, 3.8) is 0 Å². The molecule has 0 aliphatic rings. The first-order chi connectivity index (χ1) is 9.56. The second kappa shape index (κ2) is 4.68. The smallest absolute Gasteiger partial charge is 0.312 e. The molecule has 1 aromatic heterocycles. The molecule has 0 amide bonds. The van der Waals surface area contributed by atoms with Gasteiger partial charge in [-0.15, -0.1) is 0 Å². The minimum absolute atomic E-state index is 0.0526. The highest BCUT2D eigenvalue weighted by molar-refractivity contribution is 7.16. The van der Waals surface area contributed by atoms with Crippen LogP contribution in [0.2, 0.25) is 0 Å². The van der Waals surface area contributed by atoms with E-state index in [-0.39, 0.29) is 10.6 Å². The van der Waals surface area contributed by atoms with Gasteiger partial charge in [-0.05, 0) is 42.5 Å². The molecule has 0 saturated heterocycles. The maximum atomic E-state index is 12.2. The third-order valence-electron chi connectivity index (χ3n) is 3.19. The zero-order chi connectivity index (χ0) is 14.3. The Kier molecular flexibility index (Phi) is 2.99. The second-order valence-electron chi connectivity index (χ2n) is 4.77. The van der Waals surface area contributed by atoms with Crippen molar-refractivity contribution >= 4 is 27.2 Å². The summed E-state index contributed by atoms with van der Waals surface area (Å²) in [4.78, 5) is 14.1. The summed E-state index contributed by atoms with van der Waals surface area (Å²) in [7, 11) is 3.95. The molecule has 4 nitrogen and oxygen atoms in total. The van der Waals surface area contributed by atoms with Crippen LogP contribution in [0.5, 0.6) is 5.75 Å². The number of hydrogen-bond donors (Lipinski definition) is 1. The first-order valence-electron chi connectivity index (χ1n) is 6.18. The average molecular weight is 286 g/mol. The second-order valence-corrected chi connectivity index (χ2v) is 5.76. The molecule has 0 atom stereocenters. The summed E-state index contributed by atoms with van der Waals surface area (Å²) in [5.74, 6) is 0.175. The molecule has 1 heterocycles. The van der Waals surface area contributed by atoms with Crippen LogP contribution in [0.25, 0.3) is 15.9 Å². The van der Waals surface area contributed by atoms with E-state index in [2.05, 4.69) is 0 Å². The topological polar surface area (TPSA) is 45.5 Å². The zero-order valence-electron chi connectivity index (χ0n) is 11.2. The van der Waals surface area contributed by atoms with Gasteiger partial charge in [0.25, 0.3) is 0 Å². The van der Waals surface area contributed by atoms with Crippen LogP contribution < -0.4 is 9.77 Å². The van der Waals surface area contributed by atoms with Crippen LogP contribution in [0.4, 0.5) is 5.69 Å². The Morgan fingerprint density at radius 1 is 1.10 bits per heavy atom. The van der Waals surface area contributed by atoms with E-state index in [4.69, 9.17) is 0 Å². The predicted molar refractivity (Wildman–Crippen MR) is 83.4 cm³/mol. The minimum atomic E-state index is -0.0526. The third kappa shape index (κ3) is 2.06. The Labute approximate surface area is 120 Å². The van der Waals surface area contributed by atoms with E-state index < -0.39 is 0 Å². The Bertz CT molecular complexity index is 816. The number of rotatable bonds is 2. The van der Waals surface area contributed by atoms with Gasteiger partial charge in [-0.25, -0.2) is 0 Å². The molecule has 0 radical (unpaired) electrons. The van der Waals surface area contributed by atoms with Crippen LogP contribution in [-0.2, 0) is 0 Å². The van der Waals surface area contributed by atoms with E-state index in [0.29, 0.717) is 0 Å². The lowest BCUT2D eigenvalue weighted by Crippen LogP contribution is -2.11. The van der Waals surface area contributed by atoms with Crippen molar-refractivity contribution in [2.24, 2.45) is 0 Å². The quantitative estimate of drug-likeness (QED) is 0.788. The third-order valence-corrected chi connectivity index (χ3v) is 4.09. The van der Waals surface area contributed by atoms with Gasteiger partial charge in [0.2, 0.25) is 0 Å². The van der Waals surface area contributed by atoms with Crippen LogP contribution in [0.15, 0.2) is 47.3 Å². The monoisotopic (exact) mass is 286 g/mol. The molecule has 102 valence electrons. The van der Waals surface area contributed by atoms with Crippen molar-refractivity contribution in [1.82, 2.24) is 4.57 Å². The maximum Gasteiger partial charge on any atom is 0.312 e. The number of anilines is 1. The average Bonchev–Trinajstić information content (AvgIpc) is 2.73. The lowest BCUT2D eigenvalue weighted by Gasteiger charge is -2.13. The molecular weight excluding hydrogens is 272 g/mol. The summed E-state index contributed by atoms with van der Waals surface area (Å²) < 4.78 is 2.45. The number of aromatic nitrogens is 1. The molecular formula is C15H14N2O2S. The maximum absolute atomic E-state index is 12.2. The van der Waals surface area contributed by atoms with E-state index >= 15 is 0 Å². The molecule has 0 fully saturated rings. The van der Waals surface area contributed by atoms with Crippen LogP contribution in [0.3, 0.4) is 0 Å². The number of benzene rings is 2. The number of nitrogens with zero attached hydrogens (tertiary/aromatic N) is 2. The van der Waals surface area contributed by atoms with Crippen molar-refractivity contribution in [3.05, 3.63) is 52.1 Å². The fourth-order valence-electron chi connectivity index (χ4n) is 2.15. The highest BCUT2D eigenvalue weighted by Gasteiger charge is 2.10. The molecule has 0 spiro atoms. The molecule has 2 aromatic carbocycles. The van der Waals surface area contributed by atoms with Gasteiger partial charge in [-0.3, -0.25) is 9.36 Å². The van der Waals surface area contributed by atoms with Crippen molar-refractivity contribution in [3.8, 4) is 11.4 Å². The zero-order valence-corrected chi connectivity index (χ0v) is 12.0. The van der Waals surface area contributed by atoms with Gasteiger partial charge in [0.15, 0.2) is 0 Å². The summed E-state index contributed by atoms with van der Waals surface area (Å²) in [5.41, 5.74) is 2.73. The van der Waals surface area contributed by atoms with Gasteiger partial charge >= 0.3 is 4.87 Å². The van der Waals surface area contributed by atoms with Gasteiger partial charge in [-0.1, -0.05) is 11.3 Å². The fraction of sp³-hybridized carbons (Fsp3) is 0.133. The van der Waals surface area contributed by atoms with Crippen molar-refractivity contribution < 1.29 is 5.11 Å². The normalized spacial score (nSPS) is 10.9. The first-order valence-corrected chi connectivity index (χ1v) is 7.00. The summed E-state index contributed by atoms with van der Waals surface area (Å²) >= 11 is 1.14. The van der Waals surface area contributed by atoms with Crippen LogP contribution in [0, 0.1) is 0 Å². The summed E-state index contributed by atoms with van der Waals surface area (Å²) in [6.07, 6.45) is 0. The fourth-order valence-corrected chi connectivity index (χ4v) is 3.08. The van der Waals surface area contributed by atoms with Crippen LogP contribution in [-0.4, -0.2) is 23.8 Å². The number of phenols is 1. The number of fused-ring (bicyclic) bond motifs is 1. The molecule has 0 aliphatic heterocycles. The van der Waals surface area contributed by atoms with E-state index in [9.17, 15) is 9.90 Å². The van der Waals surface area contributed by atoms with Gasteiger partial charge in [0.05, 0.1) is 15.9 Å². The van der Waals surface area contributed by atoms with E-state index in [1.807, 2.05) is 43.3 Å². The molecule has 1 N–H and O–H groups in total. The van der Waals surface area contributed by atoms with Gasteiger partial charge < -0.3 is 10.0 Å². The SMILES string of the molecule is CN(C)c1ccc(-n2c(=O)sc3cc(O)ccc32)cc1. The standard InChI is InChI=1S/C15H14N2O2S/c1-16(2)10-3-5-11(6-4-10)17-13-8-7-12(18)9-14(13)20-15(17)19/h3-9,18H,1-2H3. The molecule has 0 unspecified atom stereocenters. The highest BCUT2D eigenvalue weighted by atomic mass is 32.1. The Balaban J connectivity index is 2.19. The summed E-state index contributed by atoms with van der Waals surface area (Å²) in [6.45, 7) is 0. The minimum Gasteiger partial charge on any atom is -0.508 e. The lowest BCUT2D eigenvalue weighted by molar-refractivity contribution is 0.476. The largest absolute Gasteiger partial charge is 0.508 e. The van der Waals surface area contributed by atoms with Gasteiger partial charge in [0, 0.05) is 19.8 Å². The molecule has 0 aliphatic carbocycles. The van der Waals surface area contributed by atoms with Gasteiger partial charge in [-0.2, -0.15) is 0 Å². The Morgan fingerprint density at radius 3 is 2.45 bits per heavy atom. The van der Waals surface area contributed by atoms with Crippen LogP contribution in [0.1, 0.15) is 0 Å². The molecule has 3 rings (SSSR count). The molecule has 3 aromatic rings. The van der Waals surface area contributed by atoms with Crippen molar-refractivity contribution in [2.45, 2.75) is 0 Å². The highest BCUT2D eigenvalue weighted by Crippen LogP contribution is 2.25. The molecule has 5 heteroatoms. The van der Waals surface area contributed by atoms with Crippen molar-refractivity contribution in [2.75, 3.05) is 19.0 Å².